The molecule has 0 amide bonds. The van der Waals surface area contributed by atoms with Crippen molar-refractivity contribution in [1.29, 1.82) is 0 Å². The highest BCUT2D eigenvalue weighted by Gasteiger charge is 2.25. The molecule has 0 aromatic heterocycles. The third-order valence-electron chi connectivity index (χ3n) is 2.16. The van der Waals surface area contributed by atoms with Gasteiger partial charge in [0.05, 0.1) is 6.61 Å². The first-order valence-corrected chi connectivity index (χ1v) is 4.11. The van der Waals surface area contributed by atoms with Gasteiger partial charge in [0.15, 0.2) is 0 Å². The maximum Gasteiger partial charge on any atom is 0.112 e. The maximum atomic E-state index is 9.85. The molecule has 0 bridgehead atoms. The molecule has 2 heteroatoms. The van der Waals surface area contributed by atoms with Crippen LogP contribution in [0.3, 0.4) is 0 Å². The monoisotopic (exact) mass is 166 g/mol. The Kier molecular flexibility index (Phi) is 2.84. The normalized spacial score (nSPS) is 15.6. The highest BCUT2D eigenvalue weighted by atomic mass is 16.3. The zero-order valence-corrected chi connectivity index (χ0v) is 7.20. The number of rotatable bonds is 3. The maximum absolute atomic E-state index is 9.85. The predicted molar refractivity (Wildman–Crippen MR) is 47.7 cm³/mol. The molecule has 1 rings (SSSR count). The van der Waals surface area contributed by atoms with E-state index in [4.69, 9.17) is 5.11 Å². The fourth-order valence-electron chi connectivity index (χ4n) is 1.16. The number of aliphatic hydroxyl groups is 2. The molecule has 0 saturated heterocycles. The van der Waals surface area contributed by atoms with Crippen LogP contribution in [0.25, 0.3) is 0 Å². The van der Waals surface area contributed by atoms with Gasteiger partial charge in [0.2, 0.25) is 0 Å². The van der Waals surface area contributed by atoms with Crippen LogP contribution in [0.5, 0.6) is 0 Å². The second-order valence-electron chi connectivity index (χ2n) is 2.91. The Balaban J connectivity index is 2.95. The molecular formula is C10H14O2. The summed E-state index contributed by atoms with van der Waals surface area (Å²) in [4.78, 5) is 0. The van der Waals surface area contributed by atoms with E-state index in [0.717, 1.165) is 5.56 Å². The Morgan fingerprint density at radius 3 is 2.25 bits per heavy atom. The zero-order valence-electron chi connectivity index (χ0n) is 7.20. The summed E-state index contributed by atoms with van der Waals surface area (Å²) in [5.41, 5.74) is -0.295. The van der Waals surface area contributed by atoms with Gasteiger partial charge in [-0.25, -0.2) is 0 Å². The minimum absolute atomic E-state index is 0.229. The van der Waals surface area contributed by atoms with Gasteiger partial charge >= 0.3 is 0 Å². The van der Waals surface area contributed by atoms with Crippen LogP contribution in [0, 0.1) is 0 Å². The summed E-state index contributed by atoms with van der Waals surface area (Å²) in [7, 11) is 0. The van der Waals surface area contributed by atoms with Crippen LogP contribution in [0.1, 0.15) is 18.9 Å². The summed E-state index contributed by atoms with van der Waals surface area (Å²) in [5.74, 6) is 0. The fraction of sp³-hybridized carbons (Fsp3) is 0.400. The fourth-order valence-corrected chi connectivity index (χ4v) is 1.16. The van der Waals surface area contributed by atoms with Gasteiger partial charge in [-0.1, -0.05) is 37.3 Å². The van der Waals surface area contributed by atoms with E-state index < -0.39 is 5.60 Å². The van der Waals surface area contributed by atoms with Crippen molar-refractivity contribution in [2.24, 2.45) is 0 Å². The number of aliphatic hydroxyl groups excluding tert-OH is 1. The Labute approximate surface area is 72.5 Å². The lowest BCUT2D eigenvalue weighted by Crippen LogP contribution is -2.28. The van der Waals surface area contributed by atoms with Gasteiger partial charge in [-0.15, -0.1) is 0 Å². The molecule has 0 unspecified atom stereocenters. The molecule has 0 saturated carbocycles. The summed E-state index contributed by atoms with van der Waals surface area (Å²) in [6.45, 7) is 1.62. The first-order chi connectivity index (χ1) is 5.73. The summed E-state index contributed by atoms with van der Waals surface area (Å²) >= 11 is 0. The molecule has 0 spiro atoms. The number of hydrogen-bond acceptors (Lipinski definition) is 2. The first-order valence-electron chi connectivity index (χ1n) is 4.11. The Bertz CT molecular complexity index is 227. The minimum atomic E-state index is -1.07. The molecule has 0 aliphatic carbocycles. The Hall–Kier alpha value is -0.860. The van der Waals surface area contributed by atoms with Gasteiger partial charge in [0.25, 0.3) is 0 Å². The second-order valence-corrected chi connectivity index (χ2v) is 2.91. The van der Waals surface area contributed by atoms with Crippen molar-refractivity contribution in [3.8, 4) is 0 Å². The van der Waals surface area contributed by atoms with E-state index in [-0.39, 0.29) is 6.61 Å². The van der Waals surface area contributed by atoms with E-state index in [2.05, 4.69) is 0 Å². The number of hydrogen-bond donors (Lipinski definition) is 2. The third kappa shape index (κ3) is 1.65. The topological polar surface area (TPSA) is 40.5 Å². The minimum Gasteiger partial charge on any atom is -0.393 e. The summed E-state index contributed by atoms with van der Waals surface area (Å²) in [5, 5.41) is 18.8. The molecule has 0 aliphatic rings. The van der Waals surface area contributed by atoms with E-state index in [1.165, 1.54) is 0 Å². The lowest BCUT2D eigenvalue weighted by molar-refractivity contribution is -0.0222. The highest BCUT2D eigenvalue weighted by molar-refractivity contribution is 5.21. The summed E-state index contributed by atoms with van der Waals surface area (Å²) in [6, 6.07) is 9.23. The second kappa shape index (κ2) is 3.70. The van der Waals surface area contributed by atoms with Crippen LogP contribution in [-0.2, 0) is 5.60 Å². The highest BCUT2D eigenvalue weighted by Crippen LogP contribution is 2.23. The van der Waals surface area contributed by atoms with Crippen molar-refractivity contribution in [2.75, 3.05) is 6.61 Å². The standard InChI is InChI=1S/C10H14O2/c1-2-10(12,8-11)9-6-4-3-5-7-9/h3-7,11-12H,2,8H2,1H3/t10-/m0/s1. The lowest BCUT2D eigenvalue weighted by atomic mass is 9.92. The molecule has 66 valence electrons. The SMILES string of the molecule is CC[C@](O)(CO)c1ccccc1. The third-order valence-corrected chi connectivity index (χ3v) is 2.16. The summed E-state index contributed by atoms with van der Waals surface area (Å²) in [6.07, 6.45) is 0.521. The van der Waals surface area contributed by atoms with Crippen LogP contribution in [0.15, 0.2) is 30.3 Å². The molecular weight excluding hydrogens is 152 g/mol. The van der Waals surface area contributed by atoms with Crippen LogP contribution in [-0.4, -0.2) is 16.8 Å². The van der Waals surface area contributed by atoms with Crippen molar-refractivity contribution < 1.29 is 10.2 Å². The van der Waals surface area contributed by atoms with E-state index in [0.29, 0.717) is 6.42 Å². The van der Waals surface area contributed by atoms with Crippen LogP contribution < -0.4 is 0 Å². The quantitative estimate of drug-likeness (QED) is 0.710. The lowest BCUT2D eigenvalue weighted by Gasteiger charge is -2.24. The van der Waals surface area contributed by atoms with Crippen molar-refractivity contribution in [3.63, 3.8) is 0 Å². The van der Waals surface area contributed by atoms with E-state index in [9.17, 15) is 5.11 Å². The van der Waals surface area contributed by atoms with E-state index >= 15 is 0 Å². The molecule has 1 aromatic carbocycles. The van der Waals surface area contributed by atoms with Crippen molar-refractivity contribution in [1.82, 2.24) is 0 Å². The van der Waals surface area contributed by atoms with Crippen molar-refractivity contribution >= 4 is 0 Å². The Morgan fingerprint density at radius 1 is 1.25 bits per heavy atom. The van der Waals surface area contributed by atoms with Crippen LogP contribution in [0.2, 0.25) is 0 Å². The average molecular weight is 166 g/mol. The molecule has 1 aromatic rings. The zero-order chi connectivity index (χ0) is 9.03. The van der Waals surface area contributed by atoms with Gasteiger partial charge in [-0.3, -0.25) is 0 Å². The van der Waals surface area contributed by atoms with Crippen LogP contribution in [0.4, 0.5) is 0 Å². The average Bonchev–Trinajstić information content (AvgIpc) is 2.18. The molecule has 0 radical (unpaired) electrons. The van der Waals surface area contributed by atoms with Gasteiger partial charge in [-0.2, -0.15) is 0 Å². The molecule has 1 atom stereocenters. The molecule has 12 heavy (non-hydrogen) atoms. The molecule has 0 fully saturated rings. The van der Waals surface area contributed by atoms with Crippen molar-refractivity contribution in [3.05, 3.63) is 35.9 Å². The van der Waals surface area contributed by atoms with E-state index in [1.54, 1.807) is 0 Å². The molecule has 2 nitrogen and oxygen atoms in total. The number of benzene rings is 1. The summed E-state index contributed by atoms with van der Waals surface area (Å²) < 4.78 is 0. The molecule has 0 heterocycles. The van der Waals surface area contributed by atoms with Gasteiger partial charge in [-0.05, 0) is 12.0 Å². The van der Waals surface area contributed by atoms with E-state index in [1.807, 2.05) is 37.3 Å². The molecule has 2 N–H and O–H groups in total. The van der Waals surface area contributed by atoms with Gasteiger partial charge in [0.1, 0.15) is 5.60 Å². The van der Waals surface area contributed by atoms with Crippen molar-refractivity contribution in [2.45, 2.75) is 18.9 Å². The first kappa shape index (κ1) is 9.23. The largest absolute Gasteiger partial charge is 0.393 e. The van der Waals surface area contributed by atoms with Gasteiger partial charge in [0, 0.05) is 0 Å². The molecule has 0 aliphatic heterocycles. The van der Waals surface area contributed by atoms with Crippen LogP contribution >= 0.6 is 0 Å². The van der Waals surface area contributed by atoms with Gasteiger partial charge < -0.3 is 10.2 Å². The smallest absolute Gasteiger partial charge is 0.112 e. The predicted octanol–water partition coefficient (Wildman–Crippen LogP) is 1.28. The Morgan fingerprint density at radius 2 is 1.83 bits per heavy atom.